The predicted molar refractivity (Wildman–Crippen MR) is 99.0 cm³/mol. The summed E-state index contributed by atoms with van der Waals surface area (Å²) < 4.78 is 59.4. The van der Waals surface area contributed by atoms with Gasteiger partial charge in [0, 0.05) is 29.4 Å². The standard InChI is InChI=1S/C21H24F4N2O2/c1-20(2,3)15(11-8-26-19(27-9-11)21(4,5)6)18(28)29-10-12-16(24)13(22)7-14(23)17(12)25/h7-9,15H,10H2,1-6H3. The van der Waals surface area contributed by atoms with Crippen molar-refractivity contribution in [3.05, 3.63) is 58.7 Å². The smallest absolute Gasteiger partial charge is 0.314 e. The molecule has 29 heavy (non-hydrogen) atoms. The van der Waals surface area contributed by atoms with Gasteiger partial charge in [-0.3, -0.25) is 4.79 Å². The molecule has 0 amide bonds. The number of hydrogen-bond donors (Lipinski definition) is 0. The Hall–Kier alpha value is -2.51. The molecule has 0 spiro atoms. The van der Waals surface area contributed by atoms with E-state index in [0.717, 1.165) is 0 Å². The van der Waals surface area contributed by atoms with Gasteiger partial charge in [0.15, 0.2) is 23.3 Å². The van der Waals surface area contributed by atoms with Crippen LogP contribution in [0.3, 0.4) is 0 Å². The topological polar surface area (TPSA) is 52.1 Å². The van der Waals surface area contributed by atoms with E-state index in [-0.39, 0.29) is 11.5 Å². The highest BCUT2D eigenvalue weighted by Gasteiger charge is 2.35. The second-order valence-corrected chi connectivity index (χ2v) is 8.94. The van der Waals surface area contributed by atoms with Crippen molar-refractivity contribution >= 4 is 5.97 Å². The molecule has 0 aliphatic heterocycles. The number of rotatable bonds is 4. The highest BCUT2D eigenvalue weighted by Crippen LogP contribution is 2.36. The zero-order valence-corrected chi connectivity index (χ0v) is 17.2. The third-order valence-electron chi connectivity index (χ3n) is 4.34. The molecule has 0 N–H and O–H groups in total. The van der Waals surface area contributed by atoms with E-state index in [1.807, 2.05) is 20.8 Å². The summed E-state index contributed by atoms with van der Waals surface area (Å²) in [6.07, 6.45) is 3.02. The van der Waals surface area contributed by atoms with Crippen LogP contribution in [0.4, 0.5) is 17.6 Å². The summed E-state index contributed by atoms with van der Waals surface area (Å²) in [6, 6.07) is 0.0993. The first-order valence-electron chi connectivity index (χ1n) is 9.04. The fraction of sp³-hybridized carbons (Fsp3) is 0.476. The van der Waals surface area contributed by atoms with Gasteiger partial charge < -0.3 is 4.74 Å². The molecule has 158 valence electrons. The predicted octanol–water partition coefficient (Wildman–Crippen LogP) is 5.20. The van der Waals surface area contributed by atoms with E-state index in [2.05, 4.69) is 9.97 Å². The fourth-order valence-corrected chi connectivity index (χ4v) is 2.84. The maximum atomic E-state index is 13.8. The molecule has 0 radical (unpaired) electrons. The number of benzene rings is 1. The van der Waals surface area contributed by atoms with Gasteiger partial charge in [-0.1, -0.05) is 41.5 Å². The Labute approximate surface area is 167 Å². The van der Waals surface area contributed by atoms with E-state index < -0.39 is 52.7 Å². The fourth-order valence-electron chi connectivity index (χ4n) is 2.84. The molecule has 4 nitrogen and oxygen atoms in total. The van der Waals surface area contributed by atoms with Gasteiger partial charge in [-0.05, 0) is 5.41 Å². The monoisotopic (exact) mass is 412 g/mol. The number of ether oxygens (including phenoxy) is 1. The Bertz CT molecular complexity index is 875. The largest absolute Gasteiger partial charge is 0.460 e. The zero-order chi connectivity index (χ0) is 22.1. The first-order chi connectivity index (χ1) is 13.2. The van der Waals surface area contributed by atoms with Gasteiger partial charge in [0.2, 0.25) is 0 Å². The van der Waals surface area contributed by atoms with E-state index in [4.69, 9.17) is 4.74 Å². The molecule has 0 fully saturated rings. The summed E-state index contributed by atoms with van der Waals surface area (Å²) in [6.45, 7) is 10.2. The lowest BCUT2D eigenvalue weighted by Gasteiger charge is -2.29. The van der Waals surface area contributed by atoms with Crippen molar-refractivity contribution < 1.29 is 27.1 Å². The van der Waals surface area contributed by atoms with Crippen LogP contribution in [0.15, 0.2) is 18.5 Å². The Morgan fingerprint density at radius 1 is 0.966 bits per heavy atom. The molecule has 1 atom stereocenters. The van der Waals surface area contributed by atoms with Crippen LogP contribution < -0.4 is 0 Å². The second kappa shape index (κ2) is 8.08. The summed E-state index contributed by atoms with van der Waals surface area (Å²) in [5, 5.41) is 0. The highest BCUT2D eigenvalue weighted by molar-refractivity contribution is 5.79. The first kappa shape index (κ1) is 22.8. The van der Waals surface area contributed by atoms with E-state index in [9.17, 15) is 22.4 Å². The molecule has 1 aromatic heterocycles. The van der Waals surface area contributed by atoms with E-state index >= 15 is 0 Å². The molecular formula is C21H24F4N2O2. The maximum Gasteiger partial charge on any atom is 0.314 e. The minimum atomic E-state index is -1.60. The molecule has 0 saturated heterocycles. The molecule has 0 saturated carbocycles. The number of esters is 1. The van der Waals surface area contributed by atoms with Crippen LogP contribution in [0, 0.1) is 28.7 Å². The van der Waals surface area contributed by atoms with Crippen LogP contribution in [0.2, 0.25) is 0 Å². The Morgan fingerprint density at radius 3 is 1.86 bits per heavy atom. The van der Waals surface area contributed by atoms with Crippen molar-refractivity contribution in [2.75, 3.05) is 0 Å². The van der Waals surface area contributed by atoms with Gasteiger partial charge in [-0.25, -0.2) is 27.5 Å². The first-order valence-corrected chi connectivity index (χ1v) is 9.04. The molecule has 0 aliphatic rings. The average Bonchev–Trinajstić information content (AvgIpc) is 2.58. The van der Waals surface area contributed by atoms with Crippen LogP contribution in [-0.2, 0) is 21.6 Å². The number of halogens is 4. The summed E-state index contributed by atoms with van der Waals surface area (Å²) in [5.74, 6) is -7.40. The van der Waals surface area contributed by atoms with Crippen LogP contribution in [0.5, 0.6) is 0 Å². The zero-order valence-electron chi connectivity index (χ0n) is 17.2. The molecule has 2 rings (SSSR count). The van der Waals surface area contributed by atoms with Crippen LogP contribution >= 0.6 is 0 Å². The SMILES string of the molecule is CC(C)(C)c1ncc(C(C(=O)OCc2c(F)c(F)cc(F)c2F)C(C)(C)C)cn1. The molecule has 1 unspecified atom stereocenters. The molecule has 1 heterocycles. The average molecular weight is 412 g/mol. The third kappa shape index (κ3) is 5.10. The maximum absolute atomic E-state index is 13.8. The van der Waals surface area contributed by atoms with Gasteiger partial charge >= 0.3 is 5.97 Å². The van der Waals surface area contributed by atoms with Gasteiger partial charge in [-0.2, -0.15) is 0 Å². The Balaban J connectivity index is 2.30. The third-order valence-corrected chi connectivity index (χ3v) is 4.34. The molecule has 0 aliphatic carbocycles. The quantitative estimate of drug-likeness (QED) is 0.393. The van der Waals surface area contributed by atoms with Crippen LogP contribution in [0.1, 0.15) is 64.4 Å². The molecular weight excluding hydrogens is 388 g/mol. The highest BCUT2D eigenvalue weighted by atomic mass is 19.2. The van der Waals surface area contributed by atoms with Crippen molar-refractivity contribution in [2.45, 2.75) is 59.5 Å². The molecule has 0 bridgehead atoms. The van der Waals surface area contributed by atoms with Gasteiger partial charge in [0.05, 0.1) is 11.5 Å². The number of hydrogen-bond acceptors (Lipinski definition) is 4. The van der Waals surface area contributed by atoms with Crippen LogP contribution in [0.25, 0.3) is 0 Å². The van der Waals surface area contributed by atoms with E-state index in [1.54, 1.807) is 20.8 Å². The lowest BCUT2D eigenvalue weighted by Crippen LogP contribution is -2.29. The number of carbonyl (C=O) groups is 1. The summed E-state index contributed by atoms with van der Waals surface area (Å²) in [5.41, 5.74) is -1.45. The normalized spacial score (nSPS) is 13.3. The summed E-state index contributed by atoms with van der Waals surface area (Å²) in [4.78, 5) is 21.3. The van der Waals surface area contributed by atoms with Crippen molar-refractivity contribution in [2.24, 2.45) is 5.41 Å². The number of aromatic nitrogens is 2. The van der Waals surface area contributed by atoms with Crippen molar-refractivity contribution in [3.8, 4) is 0 Å². The minimum absolute atomic E-state index is 0.0993. The van der Waals surface area contributed by atoms with Crippen molar-refractivity contribution in [1.29, 1.82) is 0 Å². The number of nitrogens with zero attached hydrogens (tertiary/aromatic N) is 2. The second-order valence-electron chi connectivity index (χ2n) is 8.94. The summed E-state index contributed by atoms with van der Waals surface area (Å²) >= 11 is 0. The van der Waals surface area contributed by atoms with Crippen molar-refractivity contribution in [3.63, 3.8) is 0 Å². The Kier molecular flexibility index (Phi) is 6.35. The molecule has 2 aromatic rings. The minimum Gasteiger partial charge on any atom is -0.460 e. The van der Waals surface area contributed by atoms with E-state index in [1.165, 1.54) is 12.4 Å². The Morgan fingerprint density at radius 2 is 1.45 bits per heavy atom. The lowest BCUT2D eigenvalue weighted by atomic mass is 9.77. The van der Waals surface area contributed by atoms with Crippen LogP contribution in [-0.4, -0.2) is 15.9 Å². The number of carbonyl (C=O) groups excluding carboxylic acids is 1. The van der Waals surface area contributed by atoms with Gasteiger partial charge in [0.1, 0.15) is 12.4 Å². The van der Waals surface area contributed by atoms with Gasteiger partial charge in [-0.15, -0.1) is 0 Å². The lowest BCUT2D eigenvalue weighted by molar-refractivity contribution is -0.149. The molecule has 8 heteroatoms. The van der Waals surface area contributed by atoms with Gasteiger partial charge in [0.25, 0.3) is 0 Å². The summed E-state index contributed by atoms with van der Waals surface area (Å²) in [7, 11) is 0. The van der Waals surface area contributed by atoms with E-state index in [0.29, 0.717) is 11.4 Å². The van der Waals surface area contributed by atoms with Crippen molar-refractivity contribution in [1.82, 2.24) is 9.97 Å². The molecule has 1 aromatic carbocycles.